The molecule has 0 amide bonds. The Balaban J connectivity index is 1.81. The second kappa shape index (κ2) is 5.66. The molecule has 0 radical (unpaired) electrons. The zero-order valence-electron chi connectivity index (χ0n) is 12.9. The first-order chi connectivity index (χ1) is 11.8. The molecule has 2 aromatic heterocycles. The van der Waals surface area contributed by atoms with Gasteiger partial charge < -0.3 is 9.72 Å². The van der Waals surface area contributed by atoms with E-state index in [0.717, 1.165) is 27.9 Å². The van der Waals surface area contributed by atoms with E-state index in [4.69, 9.17) is 4.74 Å². The van der Waals surface area contributed by atoms with Crippen LogP contribution in [0.5, 0.6) is 0 Å². The third-order valence-electron chi connectivity index (χ3n) is 3.85. The van der Waals surface area contributed by atoms with Crippen LogP contribution in [0.1, 0.15) is 10.4 Å². The second-order valence-corrected chi connectivity index (χ2v) is 5.32. The Kier molecular flexibility index (Phi) is 3.35. The number of fused-ring (bicyclic) bond motifs is 1. The average molecular weight is 318 g/mol. The first kappa shape index (κ1) is 14.2. The van der Waals surface area contributed by atoms with Crippen molar-refractivity contribution in [1.29, 1.82) is 0 Å². The summed E-state index contributed by atoms with van der Waals surface area (Å²) in [5.74, 6) is 0.320. The highest BCUT2D eigenvalue weighted by Crippen LogP contribution is 2.29. The minimum absolute atomic E-state index is 0.374. The number of imidazole rings is 1. The van der Waals surface area contributed by atoms with Gasteiger partial charge in [-0.05, 0) is 18.2 Å². The van der Waals surface area contributed by atoms with Gasteiger partial charge in [-0.2, -0.15) is 5.10 Å². The van der Waals surface area contributed by atoms with Gasteiger partial charge in [0.1, 0.15) is 11.5 Å². The third kappa shape index (κ3) is 2.34. The fourth-order valence-corrected chi connectivity index (χ4v) is 2.67. The van der Waals surface area contributed by atoms with Crippen LogP contribution in [0.15, 0.2) is 54.7 Å². The van der Waals surface area contributed by atoms with Crippen LogP contribution in [0, 0.1) is 0 Å². The van der Waals surface area contributed by atoms with Gasteiger partial charge >= 0.3 is 5.97 Å². The van der Waals surface area contributed by atoms with E-state index in [2.05, 4.69) is 20.2 Å². The lowest BCUT2D eigenvalue weighted by atomic mass is 10.1. The number of rotatable bonds is 3. The SMILES string of the molecule is COC(=O)c1ccc2nc(-c3c[nH]nc3-c3ccccc3)[nH]c2c1. The molecule has 0 unspecified atom stereocenters. The molecule has 118 valence electrons. The molecule has 24 heavy (non-hydrogen) atoms. The Hall–Kier alpha value is -3.41. The molecule has 0 spiro atoms. The van der Waals surface area contributed by atoms with Gasteiger partial charge in [-0.25, -0.2) is 9.78 Å². The van der Waals surface area contributed by atoms with Gasteiger partial charge in [-0.15, -0.1) is 0 Å². The number of carbonyl (C=O) groups excluding carboxylic acids is 1. The third-order valence-corrected chi connectivity index (χ3v) is 3.85. The molecule has 2 heterocycles. The zero-order chi connectivity index (χ0) is 16.5. The van der Waals surface area contributed by atoms with E-state index >= 15 is 0 Å². The van der Waals surface area contributed by atoms with Crippen molar-refractivity contribution in [2.75, 3.05) is 7.11 Å². The van der Waals surface area contributed by atoms with Gasteiger partial charge in [0, 0.05) is 11.8 Å². The van der Waals surface area contributed by atoms with Crippen molar-refractivity contribution in [1.82, 2.24) is 20.2 Å². The second-order valence-electron chi connectivity index (χ2n) is 5.32. The number of methoxy groups -OCH3 is 1. The van der Waals surface area contributed by atoms with Crippen LogP contribution in [0.4, 0.5) is 0 Å². The van der Waals surface area contributed by atoms with Gasteiger partial charge in [0.15, 0.2) is 0 Å². The predicted octanol–water partition coefficient (Wildman–Crippen LogP) is 3.41. The molecule has 0 fully saturated rings. The van der Waals surface area contributed by atoms with Crippen molar-refractivity contribution in [2.45, 2.75) is 0 Å². The minimum Gasteiger partial charge on any atom is -0.465 e. The molecule has 2 aromatic carbocycles. The Bertz CT molecular complexity index is 1020. The van der Waals surface area contributed by atoms with Crippen LogP contribution in [0.25, 0.3) is 33.7 Å². The fourth-order valence-electron chi connectivity index (χ4n) is 2.67. The lowest BCUT2D eigenvalue weighted by Gasteiger charge is -1.99. The van der Waals surface area contributed by atoms with E-state index in [1.807, 2.05) is 30.3 Å². The first-order valence-electron chi connectivity index (χ1n) is 7.44. The molecular formula is C18H14N4O2. The molecule has 4 aromatic rings. The van der Waals surface area contributed by atoms with E-state index < -0.39 is 0 Å². The number of esters is 1. The van der Waals surface area contributed by atoms with Gasteiger partial charge in [0.25, 0.3) is 0 Å². The van der Waals surface area contributed by atoms with Crippen LogP contribution in [-0.2, 0) is 4.74 Å². The van der Waals surface area contributed by atoms with Crippen molar-refractivity contribution in [3.8, 4) is 22.6 Å². The quantitative estimate of drug-likeness (QED) is 0.567. The van der Waals surface area contributed by atoms with Crippen LogP contribution < -0.4 is 0 Å². The van der Waals surface area contributed by atoms with Crippen molar-refractivity contribution in [3.63, 3.8) is 0 Å². The molecule has 0 saturated carbocycles. The predicted molar refractivity (Wildman–Crippen MR) is 90.5 cm³/mol. The highest BCUT2D eigenvalue weighted by atomic mass is 16.5. The summed E-state index contributed by atoms with van der Waals surface area (Å²) in [4.78, 5) is 19.5. The Labute approximate surface area is 137 Å². The number of carbonyl (C=O) groups is 1. The summed E-state index contributed by atoms with van der Waals surface area (Å²) in [6.45, 7) is 0. The Morgan fingerprint density at radius 3 is 2.75 bits per heavy atom. The summed E-state index contributed by atoms with van der Waals surface area (Å²) in [6.07, 6.45) is 1.81. The molecule has 0 aliphatic carbocycles. The van der Waals surface area contributed by atoms with Gasteiger partial charge in [0.05, 0.1) is 29.3 Å². The molecule has 0 aliphatic rings. The van der Waals surface area contributed by atoms with Crippen LogP contribution >= 0.6 is 0 Å². The number of nitrogens with zero attached hydrogens (tertiary/aromatic N) is 2. The fraction of sp³-hybridized carbons (Fsp3) is 0.0556. The Morgan fingerprint density at radius 1 is 1.12 bits per heavy atom. The van der Waals surface area contributed by atoms with E-state index in [0.29, 0.717) is 11.4 Å². The van der Waals surface area contributed by atoms with Crippen LogP contribution in [0.2, 0.25) is 0 Å². The average Bonchev–Trinajstić information content (AvgIpc) is 3.27. The highest BCUT2D eigenvalue weighted by Gasteiger charge is 2.15. The van der Waals surface area contributed by atoms with Crippen molar-refractivity contribution in [3.05, 3.63) is 60.3 Å². The minimum atomic E-state index is -0.374. The number of nitrogens with one attached hydrogen (secondary N) is 2. The first-order valence-corrected chi connectivity index (χ1v) is 7.44. The van der Waals surface area contributed by atoms with Crippen molar-refractivity contribution in [2.24, 2.45) is 0 Å². The van der Waals surface area contributed by atoms with Crippen LogP contribution in [-0.4, -0.2) is 33.2 Å². The van der Waals surface area contributed by atoms with Gasteiger partial charge in [-0.3, -0.25) is 5.10 Å². The lowest BCUT2D eigenvalue weighted by molar-refractivity contribution is 0.0601. The number of ether oxygens (including phenoxy) is 1. The molecule has 0 aliphatic heterocycles. The number of H-pyrrole nitrogens is 2. The van der Waals surface area contributed by atoms with E-state index in [9.17, 15) is 4.79 Å². The van der Waals surface area contributed by atoms with Gasteiger partial charge in [0.2, 0.25) is 0 Å². The molecule has 4 rings (SSSR count). The maximum absolute atomic E-state index is 11.7. The van der Waals surface area contributed by atoms with E-state index in [1.165, 1.54) is 7.11 Å². The maximum atomic E-state index is 11.7. The molecule has 0 bridgehead atoms. The largest absolute Gasteiger partial charge is 0.465 e. The summed E-state index contributed by atoms with van der Waals surface area (Å²) in [7, 11) is 1.36. The Morgan fingerprint density at radius 2 is 1.96 bits per heavy atom. The monoisotopic (exact) mass is 318 g/mol. The number of hydrogen-bond acceptors (Lipinski definition) is 4. The van der Waals surface area contributed by atoms with E-state index in [1.54, 1.807) is 24.4 Å². The zero-order valence-corrected chi connectivity index (χ0v) is 12.9. The van der Waals surface area contributed by atoms with E-state index in [-0.39, 0.29) is 5.97 Å². The standard InChI is InChI=1S/C18H14N4O2/c1-24-18(23)12-7-8-14-15(9-12)21-17(20-14)13-10-19-22-16(13)11-5-3-2-4-6-11/h2-10H,1H3,(H,19,22)(H,20,21). The summed E-state index contributed by atoms with van der Waals surface area (Å²) in [5.41, 5.74) is 4.73. The number of hydrogen-bond donors (Lipinski definition) is 2. The van der Waals surface area contributed by atoms with Crippen LogP contribution in [0.3, 0.4) is 0 Å². The summed E-state index contributed by atoms with van der Waals surface area (Å²) < 4.78 is 4.75. The van der Waals surface area contributed by atoms with Crippen molar-refractivity contribution >= 4 is 17.0 Å². The van der Waals surface area contributed by atoms with Crippen molar-refractivity contribution < 1.29 is 9.53 Å². The topological polar surface area (TPSA) is 83.7 Å². The number of benzene rings is 2. The summed E-state index contributed by atoms with van der Waals surface area (Å²) in [6, 6.07) is 15.1. The smallest absolute Gasteiger partial charge is 0.337 e. The summed E-state index contributed by atoms with van der Waals surface area (Å²) in [5, 5.41) is 7.23. The maximum Gasteiger partial charge on any atom is 0.337 e. The molecule has 0 atom stereocenters. The van der Waals surface area contributed by atoms with Gasteiger partial charge in [-0.1, -0.05) is 30.3 Å². The summed E-state index contributed by atoms with van der Waals surface area (Å²) >= 11 is 0. The normalized spacial score (nSPS) is 10.9. The molecular weight excluding hydrogens is 304 g/mol. The number of aromatic amines is 2. The lowest BCUT2D eigenvalue weighted by Crippen LogP contribution is -2.00. The molecule has 2 N–H and O–H groups in total. The molecule has 6 nitrogen and oxygen atoms in total. The number of aromatic nitrogens is 4. The highest BCUT2D eigenvalue weighted by molar-refractivity contribution is 5.94. The molecule has 6 heteroatoms. The molecule has 0 saturated heterocycles.